The molecule has 7 heteroatoms. The van der Waals surface area contributed by atoms with Gasteiger partial charge in [-0.15, -0.1) is 0 Å². The lowest BCUT2D eigenvalue weighted by atomic mass is 9.92. The molecule has 0 aromatic heterocycles. The van der Waals surface area contributed by atoms with Crippen LogP contribution in [0.15, 0.2) is 0 Å². The van der Waals surface area contributed by atoms with Crippen LogP contribution in [0.25, 0.3) is 0 Å². The third kappa shape index (κ3) is 5.49. The molecule has 0 N–H and O–H groups in total. The maximum Gasteiger partial charge on any atom is 0.236 e. The number of piperazine rings is 2. The lowest BCUT2D eigenvalue weighted by Gasteiger charge is -2.36. The second-order valence-electron chi connectivity index (χ2n) is 8.28. The summed E-state index contributed by atoms with van der Waals surface area (Å²) in [5.74, 6) is 0.752. The van der Waals surface area contributed by atoms with Crippen LogP contribution in [0.1, 0.15) is 12.8 Å². The van der Waals surface area contributed by atoms with Crippen molar-refractivity contribution in [2.45, 2.75) is 12.8 Å². The van der Waals surface area contributed by atoms with Gasteiger partial charge in [-0.3, -0.25) is 19.4 Å². The van der Waals surface area contributed by atoms with Gasteiger partial charge in [0, 0.05) is 71.4 Å². The van der Waals surface area contributed by atoms with Crippen LogP contribution in [-0.4, -0.2) is 129 Å². The predicted octanol–water partition coefficient (Wildman–Crippen LogP) is -0.711. The van der Waals surface area contributed by atoms with Crippen molar-refractivity contribution >= 4 is 11.7 Å². The molecule has 3 aliphatic heterocycles. The maximum atomic E-state index is 12.6. The van der Waals surface area contributed by atoms with Gasteiger partial charge in [-0.25, -0.2) is 0 Å². The molecule has 0 aromatic carbocycles. The number of likely N-dealkylation sites (N-methyl/N-ethyl adjacent to an activating group) is 2. The molecule has 148 valence electrons. The van der Waals surface area contributed by atoms with Gasteiger partial charge in [0.25, 0.3) is 0 Å². The fourth-order valence-corrected chi connectivity index (χ4v) is 4.10. The van der Waals surface area contributed by atoms with Crippen LogP contribution in [0.5, 0.6) is 0 Å². The fourth-order valence-electron chi connectivity index (χ4n) is 4.10. The van der Waals surface area contributed by atoms with E-state index >= 15 is 0 Å². The van der Waals surface area contributed by atoms with Gasteiger partial charge >= 0.3 is 0 Å². The highest BCUT2D eigenvalue weighted by Gasteiger charge is 2.29. The van der Waals surface area contributed by atoms with E-state index in [2.05, 4.69) is 33.7 Å². The van der Waals surface area contributed by atoms with E-state index in [0.29, 0.717) is 18.9 Å². The maximum absolute atomic E-state index is 12.6. The number of carbonyl (C=O) groups excluding carboxylic acids is 2. The number of Topliss-reactive ketones (excluding diaryl/α,β-unsaturated/α-hetero) is 1. The van der Waals surface area contributed by atoms with Crippen molar-refractivity contribution in [1.29, 1.82) is 0 Å². The minimum atomic E-state index is 0.141. The van der Waals surface area contributed by atoms with Crippen molar-refractivity contribution in [3.05, 3.63) is 0 Å². The molecule has 0 aromatic rings. The topological polar surface area (TPSA) is 50.3 Å². The summed E-state index contributed by atoms with van der Waals surface area (Å²) in [6.45, 7) is 10.7. The Morgan fingerprint density at radius 1 is 0.692 bits per heavy atom. The molecule has 3 saturated heterocycles. The summed E-state index contributed by atoms with van der Waals surface area (Å²) in [6, 6.07) is 0. The summed E-state index contributed by atoms with van der Waals surface area (Å²) in [5.41, 5.74) is 0. The molecule has 0 radical (unpaired) electrons. The van der Waals surface area contributed by atoms with Crippen LogP contribution in [-0.2, 0) is 9.59 Å². The van der Waals surface area contributed by atoms with Gasteiger partial charge < -0.3 is 14.7 Å². The normalized spacial score (nSPS) is 25.5. The molecule has 7 nitrogen and oxygen atoms in total. The summed E-state index contributed by atoms with van der Waals surface area (Å²) in [6.07, 6.45) is 1.67. The summed E-state index contributed by atoms with van der Waals surface area (Å²) in [5, 5.41) is 0. The van der Waals surface area contributed by atoms with Crippen LogP contribution < -0.4 is 0 Å². The molecular weight excluding hydrogens is 330 g/mol. The van der Waals surface area contributed by atoms with Crippen LogP contribution >= 0.6 is 0 Å². The summed E-state index contributed by atoms with van der Waals surface area (Å²) in [4.78, 5) is 36.3. The van der Waals surface area contributed by atoms with Crippen molar-refractivity contribution in [2.24, 2.45) is 5.92 Å². The van der Waals surface area contributed by atoms with E-state index < -0.39 is 0 Å². The quantitative estimate of drug-likeness (QED) is 0.642. The second-order valence-corrected chi connectivity index (χ2v) is 8.28. The van der Waals surface area contributed by atoms with Crippen LogP contribution in [0.4, 0.5) is 0 Å². The average molecular weight is 366 g/mol. The SMILES string of the molecule is CN1CCN(CC(=O)C2CCN(C(=O)CN3CCN(C)CC3)CC2)CC1. The van der Waals surface area contributed by atoms with Gasteiger partial charge in [0.1, 0.15) is 5.78 Å². The molecule has 3 aliphatic rings. The smallest absolute Gasteiger partial charge is 0.236 e. The van der Waals surface area contributed by atoms with Crippen LogP contribution in [0.2, 0.25) is 0 Å². The van der Waals surface area contributed by atoms with Crippen molar-refractivity contribution < 1.29 is 9.59 Å². The zero-order valence-electron chi connectivity index (χ0n) is 16.5. The number of piperidine rings is 1. The molecule has 0 spiro atoms. The number of rotatable bonds is 5. The minimum Gasteiger partial charge on any atom is -0.342 e. The van der Waals surface area contributed by atoms with Gasteiger partial charge in [0.2, 0.25) is 5.91 Å². The number of hydrogen-bond acceptors (Lipinski definition) is 6. The van der Waals surface area contributed by atoms with Crippen LogP contribution in [0, 0.1) is 5.92 Å². The van der Waals surface area contributed by atoms with Crippen molar-refractivity contribution in [2.75, 3.05) is 92.6 Å². The highest BCUT2D eigenvalue weighted by atomic mass is 16.2. The third-order valence-electron chi connectivity index (χ3n) is 6.23. The Kier molecular flexibility index (Phi) is 7.03. The lowest BCUT2D eigenvalue weighted by molar-refractivity contribution is -0.136. The molecule has 0 atom stereocenters. The number of nitrogens with zero attached hydrogens (tertiary/aromatic N) is 5. The zero-order chi connectivity index (χ0) is 18.5. The fraction of sp³-hybridized carbons (Fsp3) is 0.895. The minimum absolute atomic E-state index is 0.141. The molecule has 3 fully saturated rings. The Bertz CT molecular complexity index is 432. The predicted molar refractivity (Wildman–Crippen MR) is 102 cm³/mol. The lowest BCUT2D eigenvalue weighted by Crippen LogP contribution is -2.51. The molecule has 0 bridgehead atoms. The molecule has 0 aliphatic carbocycles. The van der Waals surface area contributed by atoms with Crippen molar-refractivity contribution in [3.63, 3.8) is 0 Å². The Morgan fingerprint density at radius 2 is 1.15 bits per heavy atom. The first-order valence-electron chi connectivity index (χ1n) is 10.1. The van der Waals surface area contributed by atoms with Gasteiger partial charge in [-0.2, -0.15) is 0 Å². The van der Waals surface area contributed by atoms with E-state index in [1.807, 2.05) is 4.90 Å². The van der Waals surface area contributed by atoms with Crippen LogP contribution in [0.3, 0.4) is 0 Å². The third-order valence-corrected chi connectivity index (χ3v) is 6.23. The number of carbonyl (C=O) groups is 2. The summed E-state index contributed by atoms with van der Waals surface area (Å²) < 4.78 is 0. The molecule has 0 saturated carbocycles. The monoisotopic (exact) mass is 365 g/mol. The van der Waals surface area contributed by atoms with Crippen molar-refractivity contribution in [1.82, 2.24) is 24.5 Å². The Morgan fingerprint density at radius 3 is 1.65 bits per heavy atom. The first-order chi connectivity index (χ1) is 12.5. The van der Waals surface area contributed by atoms with Gasteiger partial charge in [-0.05, 0) is 26.9 Å². The molecule has 3 heterocycles. The Balaban J connectivity index is 1.36. The molecule has 1 amide bonds. The van der Waals surface area contributed by atoms with Gasteiger partial charge in [0.15, 0.2) is 0 Å². The Labute approximate surface area is 157 Å². The number of ketones is 1. The molecular formula is C19H35N5O2. The van der Waals surface area contributed by atoms with E-state index in [4.69, 9.17) is 0 Å². The van der Waals surface area contributed by atoms with Gasteiger partial charge in [-0.1, -0.05) is 0 Å². The average Bonchev–Trinajstić information content (AvgIpc) is 2.65. The Hall–Kier alpha value is -1.02. The number of amides is 1. The zero-order valence-corrected chi connectivity index (χ0v) is 16.5. The summed E-state index contributed by atoms with van der Waals surface area (Å²) in [7, 11) is 4.26. The van der Waals surface area contributed by atoms with E-state index in [-0.39, 0.29) is 11.8 Å². The standard InChI is InChI=1S/C19H35N5O2/c1-20-7-11-22(12-8-20)15-18(25)17-3-5-24(6-4-17)19(26)16-23-13-9-21(2)10-14-23/h17H,3-16H2,1-2H3. The molecule has 0 unspecified atom stereocenters. The van der Waals surface area contributed by atoms with Crippen molar-refractivity contribution in [3.8, 4) is 0 Å². The first kappa shape index (κ1) is 19.7. The van der Waals surface area contributed by atoms with E-state index in [1.165, 1.54) is 0 Å². The highest BCUT2D eigenvalue weighted by Crippen LogP contribution is 2.19. The van der Waals surface area contributed by atoms with E-state index in [0.717, 1.165) is 78.3 Å². The summed E-state index contributed by atoms with van der Waals surface area (Å²) >= 11 is 0. The largest absolute Gasteiger partial charge is 0.342 e. The van der Waals surface area contributed by atoms with E-state index in [9.17, 15) is 9.59 Å². The number of hydrogen-bond donors (Lipinski definition) is 0. The highest BCUT2D eigenvalue weighted by molar-refractivity contribution is 5.84. The molecule has 3 rings (SSSR count). The molecule has 26 heavy (non-hydrogen) atoms. The first-order valence-corrected chi connectivity index (χ1v) is 10.1. The van der Waals surface area contributed by atoms with Gasteiger partial charge in [0.05, 0.1) is 13.1 Å². The number of likely N-dealkylation sites (tertiary alicyclic amines) is 1. The van der Waals surface area contributed by atoms with E-state index in [1.54, 1.807) is 0 Å². The second kappa shape index (κ2) is 9.26.